The van der Waals surface area contributed by atoms with Crippen LogP contribution in [-0.4, -0.2) is 19.8 Å². The van der Waals surface area contributed by atoms with Crippen LogP contribution in [-0.2, 0) is 0 Å². The number of hydrogen-bond acceptors (Lipinski definition) is 3. The summed E-state index contributed by atoms with van der Waals surface area (Å²) in [4.78, 5) is 0. The van der Waals surface area contributed by atoms with Crippen LogP contribution in [0.2, 0.25) is 0 Å². The lowest BCUT2D eigenvalue weighted by molar-refractivity contribution is 0.309. The van der Waals surface area contributed by atoms with Gasteiger partial charge in [-0.2, -0.15) is 0 Å². The number of rotatable bonds is 9. The zero-order valence-electron chi connectivity index (χ0n) is 14.4. The molecule has 0 saturated heterocycles. The summed E-state index contributed by atoms with van der Waals surface area (Å²) in [5.41, 5.74) is 3.41. The number of hydrogen-bond donors (Lipinski definition) is 1. The first-order valence-corrected chi connectivity index (χ1v) is 8.36. The van der Waals surface area contributed by atoms with Gasteiger partial charge in [-0.3, -0.25) is 0 Å². The van der Waals surface area contributed by atoms with Gasteiger partial charge in [0.15, 0.2) is 0 Å². The molecule has 0 amide bonds. The van der Waals surface area contributed by atoms with Gasteiger partial charge >= 0.3 is 0 Å². The van der Waals surface area contributed by atoms with Crippen molar-refractivity contribution in [2.75, 3.05) is 25.1 Å². The molecule has 0 aromatic heterocycles. The molecule has 0 unspecified atom stereocenters. The maximum atomic E-state index is 5.91. The monoisotopic (exact) mass is 313 g/mol. The Kier molecular flexibility index (Phi) is 6.79. The molecule has 23 heavy (non-hydrogen) atoms. The highest BCUT2D eigenvalue weighted by Crippen LogP contribution is 2.22. The third kappa shape index (κ3) is 5.51. The molecule has 0 aliphatic heterocycles. The highest BCUT2D eigenvalue weighted by molar-refractivity contribution is 5.48. The van der Waals surface area contributed by atoms with Crippen molar-refractivity contribution in [2.24, 2.45) is 0 Å². The summed E-state index contributed by atoms with van der Waals surface area (Å²) >= 11 is 0. The lowest BCUT2D eigenvalue weighted by Crippen LogP contribution is -2.12. The van der Waals surface area contributed by atoms with E-state index in [0.717, 1.165) is 43.2 Å². The minimum absolute atomic E-state index is 0.632. The second-order valence-electron chi connectivity index (χ2n) is 5.73. The number of nitrogens with one attached hydrogen (secondary N) is 1. The highest BCUT2D eigenvalue weighted by Gasteiger charge is 2.03. The molecular weight excluding hydrogens is 286 g/mol. The van der Waals surface area contributed by atoms with E-state index in [-0.39, 0.29) is 0 Å². The lowest BCUT2D eigenvalue weighted by atomic mass is 10.1. The van der Waals surface area contributed by atoms with Crippen LogP contribution < -0.4 is 14.8 Å². The van der Waals surface area contributed by atoms with Crippen molar-refractivity contribution in [3.05, 3.63) is 53.6 Å². The second kappa shape index (κ2) is 9.09. The number of unbranched alkanes of at least 4 members (excludes halogenated alkanes) is 1. The van der Waals surface area contributed by atoms with Gasteiger partial charge in [0.1, 0.15) is 18.1 Å². The summed E-state index contributed by atoms with van der Waals surface area (Å²) in [6.45, 7) is 8.48. The van der Waals surface area contributed by atoms with E-state index in [1.54, 1.807) is 0 Å². The molecule has 0 saturated carbocycles. The Morgan fingerprint density at radius 2 is 1.65 bits per heavy atom. The average Bonchev–Trinajstić information content (AvgIpc) is 2.54. The van der Waals surface area contributed by atoms with E-state index in [9.17, 15) is 0 Å². The molecule has 2 rings (SSSR count). The Labute approximate surface area is 139 Å². The zero-order valence-corrected chi connectivity index (χ0v) is 14.4. The van der Waals surface area contributed by atoms with E-state index in [2.05, 4.69) is 44.3 Å². The SMILES string of the molecule is CCCCOc1cccc(NCCOc2c(C)cccc2C)c1. The van der Waals surface area contributed by atoms with E-state index in [0.29, 0.717) is 6.61 Å². The summed E-state index contributed by atoms with van der Waals surface area (Å²) in [7, 11) is 0. The molecule has 0 atom stereocenters. The smallest absolute Gasteiger partial charge is 0.125 e. The second-order valence-corrected chi connectivity index (χ2v) is 5.73. The first kappa shape index (κ1) is 17.2. The lowest BCUT2D eigenvalue weighted by Gasteiger charge is -2.13. The topological polar surface area (TPSA) is 30.5 Å². The van der Waals surface area contributed by atoms with E-state index in [4.69, 9.17) is 9.47 Å². The minimum atomic E-state index is 0.632. The quantitative estimate of drug-likeness (QED) is 0.663. The van der Waals surface area contributed by atoms with Gasteiger partial charge in [-0.1, -0.05) is 37.6 Å². The van der Waals surface area contributed by atoms with Crippen LogP contribution >= 0.6 is 0 Å². The van der Waals surface area contributed by atoms with Gasteiger partial charge in [-0.25, -0.2) is 0 Å². The molecule has 0 spiro atoms. The molecule has 0 aliphatic carbocycles. The van der Waals surface area contributed by atoms with Crippen LogP contribution in [0, 0.1) is 13.8 Å². The molecule has 124 valence electrons. The van der Waals surface area contributed by atoms with Crippen LogP contribution in [0.1, 0.15) is 30.9 Å². The van der Waals surface area contributed by atoms with Crippen LogP contribution in [0.3, 0.4) is 0 Å². The largest absolute Gasteiger partial charge is 0.494 e. The van der Waals surface area contributed by atoms with Crippen LogP contribution in [0.5, 0.6) is 11.5 Å². The molecule has 0 heterocycles. The van der Waals surface area contributed by atoms with Crippen molar-refractivity contribution < 1.29 is 9.47 Å². The molecule has 0 aliphatic rings. The van der Waals surface area contributed by atoms with E-state index in [1.807, 2.05) is 24.3 Å². The normalized spacial score (nSPS) is 10.4. The Hall–Kier alpha value is -2.16. The Morgan fingerprint density at radius 3 is 2.39 bits per heavy atom. The predicted molar refractivity (Wildman–Crippen MR) is 96.7 cm³/mol. The van der Waals surface area contributed by atoms with Gasteiger partial charge in [0.25, 0.3) is 0 Å². The number of anilines is 1. The van der Waals surface area contributed by atoms with Crippen molar-refractivity contribution >= 4 is 5.69 Å². The van der Waals surface area contributed by atoms with Gasteiger partial charge in [-0.15, -0.1) is 0 Å². The number of benzene rings is 2. The third-order valence-corrected chi connectivity index (χ3v) is 3.69. The molecule has 3 nitrogen and oxygen atoms in total. The Morgan fingerprint density at radius 1 is 0.913 bits per heavy atom. The zero-order chi connectivity index (χ0) is 16.5. The van der Waals surface area contributed by atoms with Crippen LogP contribution in [0.25, 0.3) is 0 Å². The van der Waals surface area contributed by atoms with Gasteiger partial charge in [0.05, 0.1) is 6.61 Å². The Bertz CT molecular complexity index is 590. The number of para-hydroxylation sites is 1. The third-order valence-electron chi connectivity index (χ3n) is 3.69. The standard InChI is InChI=1S/C20H27NO2/c1-4-5-13-22-19-11-7-10-18(15-19)21-12-14-23-20-16(2)8-6-9-17(20)3/h6-11,15,21H,4-5,12-14H2,1-3H3. The van der Waals surface area contributed by atoms with Crippen LogP contribution in [0.4, 0.5) is 5.69 Å². The molecule has 0 bridgehead atoms. The van der Waals surface area contributed by atoms with E-state index < -0.39 is 0 Å². The molecular formula is C20H27NO2. The molecule has 2 aromatic rings. The van der Waals surface area contributed by atoms with E-state index >= 15 is 0 Å². The van der Waals surface area contributed by atoms with Gasteiger partial charge in [0.2, 0.25) is 0 Å². The summed E-state index contributed by atoms with van der Waals surface area (Å²) in [5, 5.41) is 3.38. The molecule has 0 radical (unpaired) electrons. The van der Waals surface area contributed by atoms with Crippen molar-refractivity contribution in [2.45, 2.75) is 33.6 Å². The highest BCUT2D eigenvalue weighted by atomic mass is 16.5. The van der Waals surface area contributed by atoms with Gasteiger partial charge in [-0.05, 0) is 43.5 Å². The van der Waals surface area contributed by atoms with Crippen molar-refractivity contribution in [3.63, 3.8) is 0 Å². The fourth-order valence-electron chi connectivity index (χ4n) is 2.41. The van der Waals surface area contributed by atoms with Crippen molar-refractivity contribution in [1.82, 2.24) is 0 Å². The molecule has 2 aromatic carbocycles. The Balaban J connectivity index is 1.79. The summed E-state index contributed by atoms with van der Waals surface area (Å²) < 4.78 is 11.6. The molecule has 1 N–H and O–H groups in total. The van der Waals surface area contributed by atoms with Gasteiger partial charge in [0, 0.05) is 18.3 Å². The fourth-order valence-corrected chi connectivity index (χ4v) is 2.41. The van der Waals surface area contributed by atoms with Crippen LogP contribution in [0.15, 0.2) is 42.5 Å². The first-order chi connectivity index (χ1) is 11.2. The fraction of sp³-hybridized carbons (Fsp3) is 0.400. The maximum absolute atomic E-state index is 5.91. The van der Waals surface area contributed by atoms with E-state index in [1.165, 1.54) is 11.1 Å². The maximum Gasteiger partial charge on any atom is 0.125 e. The summed E-state index contributed by atoms with van der Waals surface area (Å²) in [6, 6.07) is 14.3. The van der Waals surface area contributed by atoms with Gasteiger partial charge < -0.3 is 14.8 Å². The molecule has 0 fully saturated rings. The number of aryl methyl sites for hydroxylation is 2. The first-order valence-electron chi connectivity index (χ1n) is 8.36. The number of ether oxygens (including phenoxy) is 2. The van der Waals surface area contributed by atoms with Crippen molar-refractivity contribution in [1.29, 1.82) is 0 Å². The molecule has 3 heteroatoms. The van der Waals surface area contributed by atoms with Crippen molar-refractivity contribution in [3.8, 4) is 11.5 Å². The summed E-state index contributed by atoms with van der Waals surface area (Å²) in [6.07, 6.45) is 2.23. The minimum Gasteiger partial charge on any atom is -0.494 e. The average molecular weight is 313 g/mol. The summed E-state index contributed by atoms with van der Waals surface area (Å²) in [5.74, 6) is 1.91. The predicted octanol–water partition coefficient (Wildman–Crippen LogP) is 4.97.